The van der Waals surface area contributed by atoms with Crippen molar-refractivity contribution in [1.29, 1.82) is 5.41 Å². The van der Waals surface area contributed by atoms with Gasteiger partial charge in [0.2, 0.25) is 0 Å². The summed E-state index contributed by atoms with van der Waals surface area (Å²) < 4.78 is 0. The monoisotopic (exact) mass is 222 g/mol. The molecule has 0 aromatic heterocycles. The number of unbranched alkanes of at least 4 members (excludes halogenated alkanes) is 1. The van der Waals surface area contributed by atoms with Crippen molar-refractivity contribution in [2.24, 2.45) is 5.73 Å². The van der Waals surface area contributed by atoms with Crippen LogP contribution in [0.25, 0.3) is 0 Å². The molecule has 3 heteroatoms. The molecule has 0 fully saturated rings. The highest BCUT2D eigenvalue weighted by atomic mass is 32.2. The number of hydrogen-bond donors (Lipinski definition) is 2. The second-order valence-electron chi connectivity index (χ2n) is 3.60. The molecule has 0 aliphatic rings. The lowest BCUT2D eigenvalue weighted by Crippen LogP contribution is -2.08. The van der Waals surface area contributed by atoms with Crippen molar-refractivity contribution >= 4 is 17.6 Å². The Hall–Kier alpha value is -0.960. The zero-order valence-corrected chi connectivity index (χ0v) is 9.94. The van der Waals surface area contributed by atoms with Gasteiger partial charge in [-0.2, -0.15) is 0 Å². The van der Waals surface area contributed by atoms with E-state index in [4.69, 9.17) is 11.1 Å². The zero-order chi connectivity index (χ0) is 11.1. The molecule has 0 atom stereocenters. The van der Waals surface area contributed by atoms with Crippen LogP contribution in [0.15, 0.2) is 29.2 Å². The number of hydrogen-bond acceptors (Lipinski definition) is 2. The predicted molar refractivity (Wildman–Crippen MR) is 67.7 cm³/mol. The van der Waals surface area contributed by atoms with Gasteiger partial charge in [-0.05, 0) is 37.1 Å². The van der Waals surface area contributed by atoms with Gasteiger partial charge < -0.3 is 5.73 Å². The summed E-state index contributed by atoms with van der Waals surface area (Å²) in [6.45, 7) is 2.14. The van der Waals surface area contributed by atoms with Crippen LogP contribution in [0.3, 0.4) is 0 Å². The average molecular weight is 222 g/mol. The second kappa shape index (κ2) is 6.51. The third kappa shape index (κ3) is 4.88. The van der Waals surface area contributed by atoms with E-state index in [1.807, 2.05) is 11.8 Å². The molecule has 1 aromatic carbocycles. The number of rotatable bonds is 6. The number of benzene rings is 1. The third-order valence-electron chi connectivity index (χ3n) is 2.19. The molecule has 1 rings (SSSR count). The number of aryl methyl sites for hydroxylation is 1. The van der Waals surface area contributed by atoms with E-state index in [2.05, 4.69) is 31.2 Å². The molecule has 0 bridgehead atoms. The van der Waals surface area contributed by atoms with Gasteiger partial charge in [-0.15, -0.1) is 11.8 Å². The minimum absolute atomic E-state index is 0.302. The van der Waals surface area contributed by atoms with Gasteiger partial charge in [-0.25, -0.2) is 0 Å². The Balaban J connectivity index is 2.21. The quantitative estimate of drug-likeness (QED) is 0.336. The van der Waals surface area contributed by atoms with Gasteiger partial charge in [0.15, 0.2) is 0 Å². The van der Waals surface area contributed by atoms with E-state index < -0.39 is 0 Å². The van der Waals surface area contributed by atoms with Crippen LogP contribution in [0.5, 0.6) is 0 Å². The number of thioether (sulfide) groups is 1. The van der Waals surface area contributed by atoms with Gasteiger partial charge in [0.1, 0.15) is 0 Å². The fourth-order valence-corrected chi connectivity index (χ4v) is 2.36. The molecule has 1 aromatic rings. The Labute approximate surface area is 95.8 Å². The van der Waals surface area contributed by atoms with Crippen LogP contribution in [0, 0.1) is 12.3 Å². The van der Waals surface area contributed by atoms with Crippen molar-refractivity contribution in [2.45, 2.75) is 31.1 Å². The number of amidine groups is 1. The molecule has 0 aliphatic carbocycles. The van der Waals surface area contributed by atoms with E-state index in [1.54, 1.807) is 0 Å². The first kappa shape index (κ1) is 12.1. The first-order chi connectivity index (χ1) is 7.20. The lowest BCUT2D eigenvalue weighted by molar-refractivity contribution is 0.836. The summed E-state index contributed by atoms with van der Waals surface area (Å²) in [6.07, 6.45) is 2.88. The third-order valence-corrected chi connectivity index (χ3v) is 3.45. The molecule has 0 saturated heterocycles. The molecule has 0 spiro atoms. The molecule has 0 unspecified atom stereocenters. The highest BCUT2D eigenvalue weighted by molar-refractivity contribution is 7.99. The summed E-state index contributed by atoms with van der Waals surface area (Å²) in [5.74, 6) is 1.41. The molecule has 0 heterocycles. The van der Waals surface area contributed by atoms with Crippen LogP contribution in [0.1, 0.15) is 24.8 Å². The summed E-state index contributed by atoms with van der Waals surface area (Å²) in [6, 6.07) is 8.43. The fourth-order valence-electron chi connectivity index (χ4n) is 1.32. The van der Waals surface area contributed by atoms with Crippen molar-refractivity contribution in [3.05, 3.63) is 29.8 Å². The van der Waals surface area contributed by atoms with Crippen molar-refractivity contribution in [3.63, 3.8) is 0 Å². The van der Waals surface area contributed by atoms with Gasteiger partial charge in [-0.1, -0.05) is 18.2 Å². The van der Waals surface area contributed by atoms with Crippen LogP contribution in [-0.4, -0.2) is 11.6 Å². The molecular weight excluding hydrogens is 204 g/mol. The molecule has 0 saturated carbocycles. The van der Waals surface area contributed by atoms with Gasteiger partial charge in [0.25, 0.3) is 0 Å². The van der Waals surface area contributed by atoms with Crippen LogP contribution in [-0.2, 0) is 0 Å². The van der Waals surface area contributed by atoms with E-state index in [0.717, 1.165) is 25.0 Å². The van der Waals surface area contributed by atoms with E-state index in [9.17, 15) is 0 Å². The average Bonchev–Trinajstić information content (AvgIpc) is 2.20. The minimum atomic E-state index is 0.302. The van der Waals surface area contributed by atoms with Gasteiger partial charge in [-0.3, -0.25) is 5.41 Å². The van der Waals surface area contributed by atoms with Crippen molar-refractivity contribution < 1.29 is 0 Å². The van der Waals surface area contributed by atoms with Crippen molar-refractivity contribution in [3.8, 4) is 0 Å². The van der Waals surface area contributed by atoms with Crippen molar-refractivity contribution in [1.82, 2.24) is 0 Å². The highest BCUT2D eigenvalue weighted by Crippen LogP contribution is 2.22. The van der Waals surface area contributed by atoms with Gasteiger partial charge >= 0.3 is 0 Å². The van der Waals surface area contributed by atoms with E-state index in [-0.39, 0.29) is 0 Å². The predicted octanol–water partition coefficient (Wildman–Crippen LogP) is 3.19. The minimum Gasteiger partial charge on any atom is -0.388 e. The molecule has 15 heavy (non-hydrogen) atoms. The smallest absolute Gasteiger partial charge is 0.0905 e. The van der Waals surface area contributed by atoms with Crippen LogP contribution < -0.4 is 5.73 Å². The lowest BCUT2D eigenvalue weighted by atomic mass is 10.2. The number of nitrogens with two attached hydrogens (primary N) is 1. The normalized spacial score (nSPS) is 10.2. The lowest BCUT2D eigenvalue weighted by Gasteiger charge is -2.04. The van der Waals surface area contributed by atoms with Crippen molar-refractivity contribution in [2.75, 3.05) is 5.75 Å². The second-order valence-corrected chi connectivity index (χ2v) is 4.73. The summed E-state index contributed by atoms with van der Waals surface area (Å²) >= 11 is 1.89. The maximum Gasteiger partial charge on any atom is 0.0905 e. The Kier molecular flexibility index (Phi) is 5.26. The van der Waals surface area contributed by atoms with Gasteiger partial charge in [0.05, 0.1) is 5.84 Å². The maximum atomic E-state index is 7.10. The maximum absolute atomic E-state index is 7.10. The largest absolute Gasteiger partial charge is 0.388 e. The van der Waals surface area contributed by atoms with Crippen LogP contribution >= 0.6 is 11.8 Å². The Bertz CT molecular complexity index is 323. The number of nitrogens with one attached hydrogen (secondary N) is 1. The molecule has 3 N–H and O–H groups in total. The fraction of sp³-hybridized carbons (Fsp3) is 0.417. The molecule has 0 aliphatic heterocycles. The molecular formula is C12H18N2S. The highest BCUT2D eigenvalue weighted by Gasteiger charge is 1.97. The Morgan fingerprint density at radius 1 is 1.33 bits per heavy atom. The first-order valence-corrected chi connectivity index (χ1v) is 6.20. The molecule has 0 radical (unpaired) electrons. The molecule has 2 nitrogen and oxygen atoms in total. The van der Waals surface area contributed by atoms with E-state index in [1.165, 1.54) is 10.5 Å². The molecule has 82 valence electrons. The summed E-state index contributed by atoms with van der Waals surface area (Å²) in [5.41, 5.74) is 6.63. The zero-order valence-electron chi connectivity index (χ0n) is 9.12. The van der Waals surface area contributed by atoms with Gasteiger partial charge in [0, 0.05) is 11.3 Å². The Morgan fingerprint density at radius 3 is 2.73 bits per heavy atom. The topological polar surface area (TPSA) is 49.9 Å². The SMILES string of the molecule is Cc1ccccc1SCCCCC(=N)N. The van der Waals surface area contributed by atoms with E-state index >= 15 is 0 Å². The first-order valence-electron chi connectivity index (χ1n) is 5.21. The molecule has 0 amide bonds. The standard InChI is InChI=1S/C12H18N2S/c1-10-6-2-3-7-11(10)15-9-5-4-8-12(13)14/h2-3,6-7H,4-5,8-9H2,1H3,(H3,13,14). The summed E-state index contributed by atoms with van der Waals surface area (Å²) in [4.78, 5) is 1.36. The van der Waals surface area contributed by atoms with Crippen LogP contribution in [0.2, 0.25) is 0 Å². The summed E-state index contributed by atoms with van der Waals surface area (Å²) in [7, 11) is 0. The Morgan fingerprint density at radius 2 is 2.07 bits per heavy atom. The van der Waals surface area contributed by atoms with E-state index in [0.29, 0.717) is 5.84 Å². The van der Waals surface area contributed by atoms with Crippen LogP contribution in [0.4, 0.5) is 0 Å². The summed E-state index contributed by atoms with van der Waals surface area (Å²) in [5, 5.41) is 7.10.